The Kier molecular flexibility index (Phi) is 10.2. The van der Waals surface area contributed by atoms with Gasteiger partial charge in [-0.3, -0.25) is 14.4 Å². The van der Waals surface area contributed by atoms with Crippen LogP contribution < -0.4 is 0 Å². The van der Waals surface area contributed by atoms with Crippen LogP contribution in [0.2, 0.25) is 0 Å². The van der Waals surface area contributed by atoms with Crippen molar-refractivity contribution < 1.29 is 24.2 Å². The summed E-state index contributed by atoms with van der Waals surface area (Å²) in [5.74, 6) is -2.04. The zero-order valence-electron chi connectivity index (χ0n) is 24.2. The lowest BCUT2D eigenvalue weighted by Gasteiger charge is -2.42. The number of carbonyl (C=O) groups excluding carboxylic acids is 3. The van der Waals surface area contributed by atoms with Crippen molar-refractivity contribution in [3.63, 3.8) is 0 Å². The van der Waals surface area contributed by atoms with Crippen LogP contribution in [-0.4, -0.2) is 79.4 Å². The maximum Gasteiger partial charge on any atom is 0.310 e. The third-order valence-corrected chi connectivity index (χ3v) is 12.8. The highest BCUT2D eigenvalue weighted by Gasteiger charge is 2.77. The van der Waals surface area contributed by atoms with Gasteiger partial charge in [-0.1, -0.05) is 77.7 Å². The number of hydrogen-bond acceptors (Lipinski definition) is 6. The summed E-state index contributed by atoms with van der Waals surface area (Å²) in [7, 11) is 0. The van der Waals surface area contributed by atoms with Crippen molar-refractivity contribution in [2.75, 3.05) is 19.8 Å². The highest BCUT2D eigenvalue weighted by molar-refractivity contribution is 9.09. The summed E-state index contributed by atoms with van der Waals surface area (Å²) in [6.45, 7) is 8.08. The number of fused-ring (bicyclic) bond motifs is 1. The predicted molar refractivity (Wildman–Crippen MR) is 169 cm³/mol. The number of aliphatic hydroxyl groups excluding tert-OH is 1. The Labute approximate surface area is 262 Å². The van der Waals surface area contributed by atoms with Crippen molar-refractivity contribution in [3.05, 3.63) is 61.2 Å². The first-order valence-corrected chi connectivity index (χ1v) is 17.2. The highest BCUT2D eigenvalue weighted by atomic mass is 79.9. The van der Waals surface area contributed by atoms with Gasteiger partial charge >= 0.3 is 5.97 Å². The lowest BCUT2D eigenvalue weighted by molar-refractivity contribution is -0.154. The summed E-state index contributed by atoms with van der Waals surface area (Å²) in [6, 6.07) is 7.99. The van der Waals surface area contributed by atoms with Crippen molar-refractivity contribution in [2.24, 2.45) is 11.8 Å². The minimum absolute atomic E-state index is 0.0352. The SMILES string of the molecule is C=CCCCCOC(=O)[C@H]1[C@@H]2SC3(CC2Br)C(C(=O)N(CC=C)C2CCCCC2)N([C@H](CO)c2ccccc2)C(=O)[C@H]13. The van der Waals surface area contributed by atoms with Crippen molar-refractivity contribution in [3.8, 4) is 0 Å². The van der Waals surface area contributed by atoms with E-state index in [1.165, 1.54) is 0 Å². The average molecular weight is 660 g/mol. The number of aliphatic hydroxyl groups is 1. The minimum atomic E-state index is -0.810. The van der Waals surface area contributed by atoms with E-state index in [0.29, 0.717) is 19.6 Å². The number of halogens is 1. The number of nitrogens with zero attached hydrogens (tertiary/aromatic N) is 2. The lowest BCUT2D eigenvalue weighted by atomic mass is 9.71. The number of likely N-dealkylation sites (tertiary alicyclic amines) is 1. The molecule has 1 aliphatic carbocycles. The first kappa shape index (κ1) is 31.3. The van der Waals surface area contributed by atoms with Crippen molar-refractivity contribution in [2.45, 2.75) is 90.7 Å². The summed E-state index contributed by atoms with van der Waals surface area (Å²) in [6.07, 6.45) is 11.8. The smallest absolute Gasteiger partial charge is 0.310 e. The van der Waals surface area contributed by atoms with Crippen LogP contribution in [0.25, 0.3) is 0 Å². The van der Waals surface area contributed by atoms with Gasteiger partial charge in [0.15, 0.2) is 0 Å². The number of unbranched alkanes of at least 4 members (excludes halogenated alkanes) is 2. The predicted octanol–water partition coefficient (Wildman–Crippen LogP) is 5.43. The molecule has 0 radical (unpaired) electrons. The third kappa shape index (κ3) is 5.61. The molecule has 1 aromatic rings. The molecule has 1 aromatic carbocycles. The number of amides is 2. The van der Waals surface area contributed by atoms with Gasteiger partial charge in [0.1, 0.15) is 6.04 Å². The summed E-state index contributed by atoms with van der Waals surface area (Å²) >= 11 is 5.45. The van der Waals surface area contributed by atoms with Gasteiger partial charge in [0.05, 0.1) is 35.8 Å². The Morgan fingerprint density at radius 3 is 2.57 bits per heavy atom. The standard InChI is InChI=1S/C33H43BrN2O5S/c1-3-5-6-13-19-41-32(40)26-27-30(38)36(25(21-37)22-14-9-7-10-15-22)29(33(27)20-24(34)28(26)42-33)31(39)35(18-4-2)23-16-11-8-12-17-23/h3-4,7,9-10,14-15,23-29,37H,1-2,5-6,8,11-13,16-21H2/t24?,25-,26-,27+,28-,29?,33?/m1/s1. The first-order valence-electron chi connectivity index (χ1n) is 15.4. The molecule has 1 spiro atoms. The number of ether oxygens (including phenoxy) is 1. The molecule has 2 amide bonds. The van der Waals surface area contributed by atoms with Gasteiger partial charge in [-0.05, 0) is 44.1 Å². The fourth-order valence-corrected chi connectivity index (χ4v) is 11.3. The second-order valence-corrected chi connectivity index (χ2v) is 14.8. The average Bonchev–Trinajstić information content (AvgIpc) is 3.60. The number of benzene rings is 1. The van der Waals surface area contributed by atoms with Crippen molar-refractivity contribution >= 4 is 45.5 Å². The zero-order chi connectivity index (χ0) is 29.9. The summed E-state index contributed by atoms with van der Waals surface area (Å²) in [5, 5.41) is 10.6. The number of alkyl halides is 1. The molecule has 1 saturated carbocycles. The second-order valence-electron chi connectivity index (χ2n) is 12.0. The normalized spacial score (nSPS) is 31.0. The van der Waals surface area contributed by atoms with Gasteiger partial charge in [0, 0.05) is 22.7 Å². The summed E-state index contributed by atoms with van der Waals surface area (Å²) < 4.78 is 4.98. The molecule has 0 aromatic heterocycles. The first-order chi connectivity index (χ1) is 20.4. The number of esters is 1. The van der Waals surface area contributed by atoms with Crippen LogP contribution in [0.5, 0.6) is 0 Å². The quantitative estimate of drug-likeness (QED) is 0.132. The molecular formula is C33H43BrN2O5S. The van der Waals surface area contributed by atoms with E-state index in [9.17, 15) is 19.5 Å². The largest absolute Gasteiger partial charge is 0.465 e. The van der Waals surface area contributed by atoms with E-state index < -0.39 is 28.7 Å². The van der Waals surface area contributed by atoms with Crippen LogP contribution in [0.1, 0.15) is 69.4 Å². The molecule has 9 heteroatoms. The molecule has 7 nitrogen and oxygen atoms in total. The Morgan fingerprint density at radius 1 is 1.17 bits per heavy atom. The zero-order valence-corrected chi connectivity index (χ0v) is 26.6. The fraction of sp³-hybridized carbons (Fsp3) is 0.606. The van der Waals surface area contributed by atoms with E-state index in [1.807, 2.05) is 41.3 Å². The summed E-state index contributed by atoms with van der Waals surface area (Å²) in [5.41, 5.74) is 0.770. The van der Waals surface area contributed by atoms with E-state index in [-0.39, 0.29) is 40.5 Å². The molecular weight excluding hydrogens is 616 g/mol. The second kappa shape index (κ2) is 13.7. The molecule has 4 fully saturated rings. The van der Waals surface area contributed by atoms with Gasteiger partial charge in [0.2, 0.25) is 11.8 Å². The Bertz CT molecular complexity index is 1160. The minimum Gasteiger partial charge on any atom is -0.465 e. The Balaban J connectivity index is 1.54. The van der Waals surface area contributed by atoms with E-state index in [4.69, 9.17) is 4.74 Å². The summed E-state index contributed by atoms with van der Waals surface area (Å²) in [4.78, 5) is 46.7. The van der Waals surface area contributed by atoms with Crippen molar-refractivity contribution in [1.82, 2.24) is 9.80 Å². The van der Waals surface area contributed by atoms with Gasteiger partial charge in [-0.15, -0.1) is 24.9 Å². The number of rotatable bonds is 13. The topological polar surface area (TPSA) is 87.2 Å². The van der Waals surface area contributed by atoms with Crippen LogP contribution in [0, 0.1) is 11.8 Å². The van der Waals surface area contributed by atoms with Gasteiger partial charge < -0.3 is 19.6 Å². The lowest BCUT2D eigenvalue weighted by Crippen LogP contribution is -2.58. The molecule has 3 aliphatic heterocycles. The van der Waals surface area contributed by atoms with Gasteiger partial charge in [0.25, 0.3) is 0 Å². The number of hydrogen-bond donors (Lipinski definition) is 1. The van der Waals surface area contributed by atoms with E-state index in [0.717, 1.165) is 56.9 Å². The molecule has 42 heavy (non-hydrogen) atoms. The van der Waals surface area contributed by atoms with Crippen LogP contribution in [0.15, 0.2) is 55.6 Å². The Morgan fingerprint density at radius 2 is 1.90 bits per heavy atom. The molecule has 1 N–H and O–H groups in total. The van der Waals surface area contributed by atoms with E-state index in [2.05, 4.69) is 29.1 Å². The van der Waals surface area contributed by atoms with Crippen LogP contribution in [0.3, 0.4) is 0 Å². The monoisotopic (exact) mass is 658 g/mol. The number of carbonyl (C=O) groups is 3. The van der Waals surface area contributed by atoms with Crippen LogP contribution in [-0.2, 0) is 19.1 Å². The van der Waals surface area contributed by atoms with Crippen LogP contribution >= 0.6 is 27.7 Å². The maximum atomic E-state index is 14.9. The Hall–Kier alpha value is -2.10. The number of thioether (sulfide) groups is 1. The van der Waals surface area contributed by atoms with Crippen molar-refractivity contribution in [1.29, 1.82) is 0 Å². The molecule has 5 rings (SSSR count). The molecule has 3 heterocycles. The molecule has 228 valence electrons. The number of allylic oxidation sites excluding steroid dienone is 1. The van der Waals surface area contributed by atoms with Gasteiger partial charge in [-0.2, -0.15) is 0 Å². The fourth-order valence-electron chi connectivity index (χ4n) is 7.75. The molecule has 3 saturated heterocycles. The molecule has 3 unspecified atom stereocenters. The molecule has 7 atom stereocenters. The highest BCUT2D eigenvalue weighted by Crippen LogP contribution is 2.68. The van der Waals surface area contributed by atoms with Gasteiger partial charge in [-0.25, -0.2) is 0 Å². The molecule has 2 bridgehead atoms. The maximum absolute atomic E-state index is 14.9. The molecule has 4 aliphatic rings. The van der Waals surface area contributed by atoms with E-state index >= 15 is 0 Å². The van der Waals surface area contributed by atoms with E-state index in [1.54, 1.807) is 22.7 Å². The van der Waals surface area contributed by atoms with Crippen LogP contribution in [0.4, 0.5) is 0 Å². The third-order valence-electron chi connectivity index (χ3n) is 9.60.